The molecule has 0 spiro atoms. The van der Waals surface area contributed by atoms with Gasteiger partial charge in [-0.15, -0.1) is 6.58 Å². The number of carbonyl (C=O) groups is 1. The Morgan fingerprint density at radius 1 is 0.887 bits per heavy atom. The van der Waals surface area contributed by atoms with Crippen molar-refractivity contribution >= 4 is 23.4 Å². The number of rotatable bonds is 23. The molecule has 3 aliphatic rings. The summed E-state index contributed by atoms with van der Waals surface area (Å²) in [6.07, 6.45) is 11.0. The maximum Gasteiger partial charge on any atom is 0.269 e. The highest BCUT2D eigenvalue weighted by Crippen LogP contribution is 2.62. The average Bonchev–Trinajstić information content (AvgIpc) is 3.38. The van der Waals surface area contributed by atoms with Crippen molar-refractivity contribution in [2.75, 3.05) is 19.8 Å². The second-order valence-electron chi connectivity index (χ2n) is 18.2. The third-order valence-corrected chi connectivity index (χ3v) is 13.7. The van der Waals surface area contributed by atoms with E-state index in [2.05, 4.69) is 12.7 Å². The van der Waals surface area contributed by atoms with Gasteiger partial charge in [0.05, 0.1) is 23.2 Å². The van der Waals surface area contributed by atoms with Gasteiger partial charge in [0.25, 0.3) is 5.69 Å². The molecule has 5 aromatic carbocycles. The van der Waals surface area contributed by atoms with E-state index in [9.17, 15) is 29.1 Å². The average molecular weight is 968 g/mol. The van der Waals surface area contributed by atoms with E-state index in [0.717, 1.165) is 29.5 Å². The van der Waals surface area contributed by atoms with E-state index >= 15 is 4.79 Å². The molecule has 0 saturated heterocycles. The van der Waals surface area contributed by atoms with E-state index in [1.165, 1.54) is 36.4 Å². The predicted molar refractivity (Wildman–Crippen MR) is 266 cm³/mol. The maximum absolute atomic E-state index is 15.2. The third-order valence-electron chi connectivity index (χ3n) is 13.7. The van der Waals surface area contributed by atoms with Crippen molar-refractivity contribution in [2.24, 2.45) is 22.9 Å². The minimum Gasteiger partial charge on any atom is -0.489 e. The molecular weight excluding hydrogens is 909 g/mol. The monoisotopic (exact) mass is 967 g/mol. The van der Waals surface area contributed by atoms with E-state index in [1.807, 2.05) is 42.5 Å². The number of allylic oxidation sites excluding steroid dienone is 1. The number of hydrogen-bond acceptors (Lipinski definition) is 10. The number of oxime groups is 1. The van der Waals surface area contributed by atoms with Crippen LogP contribution in [0.3, 0.4) is 0 Å². The first-order chi connectivity index (χ1) is 34.6. The molecule has 2 N–H and O–H groups in total. The number of hydrogen-bond donors (Lipinski definition) is 2. The number of non-ortho nitro benzene ring substituents is 1. The van der Waals surface area contributed by atoms with E-state index in [0.29, 0.717) is 59.6 Å². The molecule has 1 aliphatic heterocycles. The largest absolute Gasteiger partial charge is 0.489 e. The number of aliphatic hydroxyl groups excluding tert-OH is 2. The number of fused-ring (bicyclic) bond motifs is 2. The van der Waals surface area contributed by atoms with Crippen molar-refractivity contribution in [3.05, 3.63) is 201 Å². The Morgan fingerprint density at radius 2 is 1.62 bits per heavy atom. The number of aliphatic hydroxyl groups is 2. The number of benzene rings is 5. The molecule has 2 aliphatic carbocycles. The van der Waals surface area contributed by atoms with Crippen LogP contribution in [-0.2, 0) is 34.1 Å². The molecule has 71 heavy (non-hydrogen) atoms. The molecule has 8 rings (SSSR count). The van der Waals surface area contributed by atoms with Crippen LogP contribution in [0.4, 0.5) is 14.5 Å². The normalized spacial score (nSPS) is 21.7. The summed E-state index contributed by atoms with van der Waals surface area (Å²) in [4.78, 5) is 34.1. The summed E-state index contributed by atoms with van der Waals surface area (Å²) in [6, 6.07) is 32.5. The lowest BCUT2D eigenvalue weighted by molar-refractivity contribution is -0.384. The Kier molecular flexibility index (Phi) is 16.8. The fourth-order valence-corrected chi connectivity index (χ4v) is 10.4. The van der Waals surface area contributed by atoms with Crippen LogP contribution in [0.15, 0.2) is 157 Å². The van der Waals surface area contributed by atoms with Gasteiger partial charge < -0.3 is 34.2 Å². The highest BCUT2D eigenvalue weighted by atomic mass is 19.1. The molecule has 6 atom stereocenters. The first-order valence-corrected chi connectivity index (χ1v) is 24.2. The van der Waals surface area contributed by atoms with Crippen LogP contribution in [0.1, 0.15) is 78.7 Å². The SMILES string of the molecule is C=CCOC12Oc3ccc(OCc4ccccc4F)cc3C3C(CCCCO)C(CCCCO)C=C(C(=NOCc4ccccc4)CC1N(Cc1ccc(F)cc1)C(=O)C=Cc1ccc([N+](=O)[O-])cc1)C32. The zero-order valence-electron chi connectivity index (χ0n) is 39.5. The number of halogens is 2. The lowest BCUT2D eigenvalue weighted by Gasteiger charge is -2.60. The fourth-order valence-electron chi connectivity index (χ4n) is 10.4. The van der Waals surface area contributed by atoms with Crippen LogP contribution in [0, 0.1) is 39.5 Å². The summed E-state index contributed by atoms with van der Waals surface area (Å²) in [5.41, 5.74) is 4.61. The zero-order valence-corrected chi connectivity index (χ0v) is 39.5. The van der Waals surface area contributed by atoms with Gasteiger partial charge in [0.15, 0.2) is 0 Å². The van der Waals surface area contributed by atoms with E-state index < -0.39 is 34.4 Å². The maximum atomic E-state index is 15.2. The zero-order chi connectivity index (χ0) is 49.7. The number of ether oxygens (including phenoxy) is 3. The topological polar surface area (TPSA) is 153 Å². The molecule has 0 bridgehead atoms. The molecule has 14 heteroatoms. The molecule has 0 aromatic heterocycles. The Morgan fingerprint density at radius 3 is 2.34 bits per heavy atom. The molecule has 0 radical (unpaired) electrons. The first kappa shape index (κ1) is 50.4. The van der Waals surface area contributed by atoms with Gasteiger partial charge in [-0.3, -0.25) is 14.9 Å². The van der Waals surface area contributed by atoms with Crippen molar-refractivity contribution in [3.63, 3.8) is 0 Å². The van der Waals surface area contributed by atoms with Crippen molar-refractivity contribution in [1.29, 1.82) is 0 Å². The Balaban J connectivity index is 1.33. The van der Waals surface area contributed by atoms with Crippen LogP contribution >= 0.6 is 0 Å². The summed E-state index contributed by atoms with van der Waals surface area (Å²) in [5, 5.41) is 36.4. The molecule has 6 unspecified atom stereocenters. The van der Waals surface area contributed by atoms with Crippen molar-refractivity contribution in [3.8, 4) is 11.5 Å². The molecule has 5 aromatic rings. The second kappa shape index (κ2) is 23.7. The quantitative estimate of drug-likeness (QED) is 0.0214. The second-order valence-corrected chi connectivity index (χ2v) is 18.2. The number of amides is 1. The smallest absolute Gasteiger partial charge is 0.269 e. The van der Waals surface area contributed by atoms with E-state index in [-0.39, 0.29) is 75.3 Å². The van der Waals surface area contributed by atoms with E-state index in [4.69, 9.17) is 24.2 Å². The van der Waals surface area contributed by atoms with Gasteiger partial charge in [0.1, 0.15) is 42.4 Å². The minimum atomic E-state index is -1.62. The third kappa shape index (κ3) is 11.8. The van der Waals surface area contributed by atoms with Crippen molar-refractivity contribution < 1.29 is 47.8 Å². The molecule has 12 nitrogen and oxygen atoms in total. The molecule has 1 heterocycles. The van der Waals surface area contributed by atoms with Crippen LogP contribution in [-0.4, -0.2) is 63.3 Å². The molecule has 1 saturated carbocycles. The number of nitro benzene ring substituents is 1. The van der Waals surface area contributed by atoms with Crippen LogP contribution in [0.5, 0.6) is 11.5 Å². The first-order valence-electron chi connectivity index (χ1n) is 24.2. The molecule has 370 valence electrons. The highest BCUT2D eigenvalue weighted by Gasteiger charge is 2.65. The van der Waals surface area contributed by atoms with Crippen LogP contribution in [0.2, 0.25) is 0 Å². The summed E-state index contributed by atoms with van der Waals surface area (Å²) in [6.45, 7) is 4.24. The van der Waals surface area contributed by atoms with Crippen molar-refractivity contribution in [2.45, 2.75) is 82.5 Å². The Bertz CT molecular complexity index is 2710. The standard InChI is InChI=1S/C57H59F2N3O9/c1-2-32-69-57-53(61(36-40-18-23-44(58)24-19-40)54(65)29-22-39-20-25-45(26-21-39)62(66)67)35-51(60-70-37-41-12-4-3-5-13-41)48-33-42(14-8-10-30-63)47(16-9-11-31-64)55(56(48)57)49-34-46(27-28-52(49)71-57)68-38-43-15-6-7-17-50(43)59/h2-7,12-13,15,17-29,33-34,42,47,53,55-56,63-64H,1,8-11,14,16,30-32,35-38H2. The highest BCUT2D eigenvalue weighted by molar-refractivity contribution is 6.03. The van der Waals surface area contributed by atoms with Crippen molar-refractivity contribution in [1.82, 2.24) is 4.90 Å². The van der Waals surface area contributed by atoms with Gasteiger partial charge in [0, 0.05) is 61.4 Å². The van der Waals surface area contributed by atoms with Crippen LogP contribution in [0.25, 0.3) is 6.08 Å². The van der Waals surface area contributed by atoms with Gasteiger partial charge in [0.2, 0.25) is 11.7 Å². The molecule has 1 amide bonds. The summed E-state index contributed by atoms with van der Waals surface area (Å²) < 4.78 is 50.2. The fraction of sp³-hybridized carbons (Fsp3) is 0.333. The van der Waals surface area contributed by atoms with Gasteiger partial charge in [-0.2, -0.15) is 0 Å². The van der Waals surface area contributed by atoms with Gasteiger partial charge >= 0.3 is 0 Å². The summed E-state index contributed by atoms with van der Waals surface area (Å²) in [5.74, 6) is -3.05. The lowest BCUT2D eigenvalue weighted by Crippen LogP contribution is -2.70. The Hall–Kier alpha value is -7.00. The summed E-state index contributed by atoms with van der Waals surface area (Å²) >= 11 is 0. The minimum absolute atomic E-state index is 0.00901. The lowest BCUT2D eigenvalue weighted by atomic mass is 9.55. The van der Waals surface area contributed by atoms with Gasteiger partial charge in [-0.05, 0) is 114 Å². The summed E-state index contributed by atoms with van der Waals surface area (Å²) in [7, 11) is 0. The predicted octanol–water partition coefficient (Wildman–Crippen LogP) is 11.0. The van der Waals surface area contributed by atoms with Gasteiger partial charge in [-0.1, -0.05) is 90.8 Å². The van der Waals surface area contributed by atoms with Crippen LogP contribution < -0.4 is 9.47 Å². The number of nitro groups is 1. The van der Waals surface area contributed by atoms with Gasteiger partial charge in [-0.25, -0.2) is 8.78 Å². The van der Waals surface area contributed by atoms with E-state index in [1.54, 1.807) is 65.6 Å². The number of unbranched alkanes of at least 4 members (excludes halogenated alkanes) is 2. The number of nitrogens with zero attached hydrogens (tertiary/aromatic N) is 3. The molecular formula is C57H59F2N3O9. The Labute approximate surface area is 412 Å². The molecule has 1 fully saturated rings. The number of carbonyl (C=O) groups excluding carboxylic acids is 1.